The summed E-state index contributed by atoms with van der Waals surface area (Å²) in [6, 6.07) is 8.53. The highest BCUT2D eigenvalue weighted by atomic mass is 19.2. The van der Waals surface area contributed by atoms with Crippen molar-refractivity contribution in [3.63, 3.8) is 0 Å². The molecular weight excluding hydrogens is 384 g/mol. The minimum atomic E-state index is -1.66. The summed E-state index contributed by atoms with van der Waals surface area (Å²) in [5.41, 5.74) is 3.21. The van der Waals surface area contributed by atoms with Gasteiger partial charge in [0, 0.05) is 0 Å². The zero-order valence-electron chi connectivity index (χ0n) is 16.7. The predicted molar refractivity (Wildman–Crippen MR) is 103 cm³/mol. The maximum atomic E-state index is 14.6. The first kappa shape index (κ1) is 20.7. The summed E-state index contributed by atoms with van der Waals surface area (Å²) < 4.78 is 69.1. The average Bonchev–Trinajstić information content (AvgIpc) is 2.64. The van der Waals surface area contributed by atoms with Gasteiger partial charge in [-0.15, -0.1) is 0 Å². The first-order chi connectivity index (χ1) is 13.6. The Kier molecular flexibility index (Phi) is 5.55. The van der Waals surface area contributed by atoms with E-state index >= 15 is 0 Å². The third-order valence-electron chi connectivity index (χ3n) is 4.60. The van der Waals surface area contributed by atoms with Crippen molar-refractivity contribution in [3.05, 3.63) is 81.4 Å². The van der Waals surface area contributed by atoms with Gasteiger partial charge < -0.3 is 9.47 Å². The summed E-state index contributed by atoms with van der Waals surface area (Å²) in [6.45, 7) is 8.52. The van der Waals surface area contributed by atoms with Crippen molar-refractivity contribution in [2.45, 2.75) is 34.6 Å². The van der Waals surface area contributed by atoms with Crippen molar-refractivity contribution in [1.29, 1.82) is 0 Å². The molecule has 0 aliphatic heterocycles. The van der Waals surface area contributed by atoms with Crippen LogP contribution in [0, 0.1) is 57.9 Å². The maximum absolute atomic E-state index is 14.6. The molecule has 0 radical (unpaired) electrons. The molecule has 3 rings (SSSR count). The lowest BCUT2D eigenvalue weighted by Crippen LogP contribution is -2.05. The summed E-state index contributed by atoms with van der Waals surface area (Å²) in [5, 5.41) is 0. The standard InChI is InChI=1S/C23H20F4O2/c1-11-9-14(4)21(15(5)10-11)29-23-18(26)16(24)22(17(25)19(23)27)28-20-12(2)7-6-8-13(20)3/h6-10H,1-5H3. The number of aryl methyl sites for hydroxylation is 5. The molecule has 0 saturated heterocycles. The van der Waals surface area contributed by atoms with Crippen LogP contribution < -0.4 is 9.47 Å². The molecule has 0 aliphatic carbocycles. The van der Waals surface area contributed by atoms with E-state index in [1.807, 2.05) is 6.92 Å². The number of halogens is 4. The van der Waals surface area contributed by atoms with Gasteiger partial charge in [0.25, 0.3) is 0 Å². The van der Waals surface area contributed by atoms with Crippen molar-refractivity contribution in [1.82, 2.24) is 0 Å². The van der Waals surface area contributed by atoms with Gasteiger partial charge in [0.1, 0.15) is 11.5 Å². The van der Waals surface area contributed by atoms with Gasteiger partial charge in [-0.05, 0) is 56.9 Å². The normalized spacial score (nSPS) is 10.9. The number of hydrogen-bond donors (Lipinski definition) is 0. The molecule has 0 aliphatic rings. The van der Waals surface area contributed by atoms with Crippen molar-refractivity contribution in [2.24, 2.45) is 0 Å². The summed E-state index contributed by atoms with van der Waals surface area (Å²) in [5.74, 6) is -8.69. The Balaban J connectivity index is 2.10. The van der Waals surface area contributed by atoms with Crippen molar-refractivity contribution >= 4 is 0 Å². The molecule has 6 heteroatoms. The Bertz CT molecular complexity index is 1030. The van der Waals surface area contributed by atoms with Crippen LogP contribution in [0.5, 0.6) is 23.0 Å². The maximum Gasteiger partial charge on any atom is 0.208 e. The first-order valence-electron chi connectivity index (χ1n) is 8.97. The molecule has 0 atom stereocenters. The minimum Gasteiger partial charge on any atom is -0.450 e. The van der Waals surface area contributed by atoms with Crippen LogP contribution in [0.25, 0.3) is 0 Å². The third kappa shape index (κ3) is 3.79. The highest BCUT2D eigenvalue weighted by Gasteiger charge is 2.30. The fourth-order valence-corrected chi connectivity index (χ4v) is 3.26. The van der Waals surface area contributed by atoms with Gasteiger partial charge in [-0.1, -0.05) is 35.9 Å². The molecule has 0 aromatic heterocycles. The van der Waals surface area contributed by atoms with E-state index in [9.17, 15) is 17.6 Å². The molecule has 0 bridgehead atoms. The predicted octanol–water partition coefficient (Wildman–Crippen LogP) is 7.37. The van der Waals surface area contributed by atoms with E-state index in [0.717, 1.165) is 5.56 Å². The van der Waals surface area contributed by atoms with Crippen LogP contribution in [0.2, 0.25) is 0 Å². The van der Waals surface area contributed by atoms with Crippen LogP contribution in [0.3, 0.4) is 0 Å². The van der Waals surface area contributed by atoms with Crippen LogP contribution in [0.1, 0.15) is 27.8 Å². The Morgan fingerprint density at radius 3 is 1.24 bits per heavy atom. The van der Waals surface area contributed by atoms with Crippen molar-refractivity contribution in [2.75, 3.05) is 0 Å². The Hall–Kier alpha value is -3.02. The minimum absolute atomic E-state index is 0.128. The Labute approximate surface area is 166 Å². The molecule has 3 aromatic carbocycles. The number of ether oxygens (including phenoxy) is 2. The zero-order valence-corrected chi connectivity index (χ0v) is 16.7. The molecule has 0 saturated carbocycles. The fraction of sp³-hybridized carbons (Fsp3) is 0.217. The van der Waals surface area contributed by atoms with Gasteiger partial charge in [-0.3, -0.25) is 0 Å². The molecule has 0 fully saturated rings. The van der Waals surface area contributed by atoms with E-state index in [-0.39, 0.29) is 11.5 Å². The van der Waals surface area contributed by atoms with Gasteiger partial charge in [-0.25, -0.2) is 0 Å². The van der Waals surface area contributed by atoms with Crippen molar-refractivity contribution < 1.29 is 27.0 Å². The van der Waals surface area contributed by atoms with Crippen LogP contribution >= 0.6 is 0 Å². The van der Waals surface area contributed by atoms with Crippen LogP contribution in [-0.4, -0.2) is 0 Å². The van der Waals surface area contributed by atoms with Gasteiger partial charge in [-0.2, -0.15) is 17.6 Å². The van der Waals surface area contributed by atoms with E-state index in [1.165, 1.54) is 0 Å². The second kappa shape index (κ2) is 7.78. The highest BCUT2D eigenvalue weighted by molar-refractivity contribution is 5.49. The summed E-state index contributed by atoms with van der Waals surface area (Å²) >= 11 is 0. The second-order valence-electron chi connectivity index (χ2n) is 7.07. The number of para-hydroxylation sites is 1. The van der Waals surface area contributed by atoms with E-state index < -0.39 is 34.8 Å². The number of benzene rings is 3. The number of rotatable bonds is 4. The molecule has 29 heavy (non-hydrogen) atoms. The smallest absolute Gasteiger partial charge is 0.208 e. The molecule has 2 nitrogen and oxygen atoms in total. The summed E-state index contributed by atoms with van der Waals surface area (Å²) in [7, 11) is 0. The number of hydrogen-bond acceptors (Lipinski definition) is 2. The van der Waals surface area contributed by atoms with Crippen molar-refractivity contribution in [3.8, 4) is 23.0 Å². The van der Waals surface area contributed by atoms with Gasteiger partial charge in [0.2, 0.25) is 34.8 Å². The topological polar surface area (TPSA) is 18.5 Å². The summed E-state index contributed by atoms with van der Waals surface area (Å²) in [4.78, 5) is 0. The lowest BCUT2D eigenvalue weighted by Gasteiger charge is -2.17. The van der Waals surface area contributed by atoms with Crippen LogP contribution in [-0.2, 0) is 0 Å². The largest absolute Gasteiger partial charge is 0.450 e. The molecule has 0 N–H and O–H groups in total. The lowest BCUT2D eigenvalue weighted by atomic mass is 10.1. The second-order valence-corrected chi connectivity index (χ2v) is 7.07. The van der Waals surface area contributed by atoms with E-state index in [1.54, 1.807) is 58.0 Å². The van der Waals surface area contributed by atoms with Gasteiger partial charge >= 0.3 is 0 Å². The van der Waals surface area contributed by atoms with E-state index in [0.29, 0.717) is 22.3 Å². The van der Waals surface area contributed by atoms with Crippen LogP contribution in [0.4, 0.5) is 17.6 Å². The Morgan fingerprint density at radius 2 is 0.862 bits per heavy atom. The third-order valence-corrected chi connectivity index (χ3v) is 4.60. The Morgan fingerprint density at radius 1 is 0.517 bits per heavy atom. The molecule has 0 spiro atoms. The zero-order chi connectivity index (χ0) is 21.5. The van der Waals surface area contributed by atoms with E-state index in [4.69, 9.17) is 9.47 Å². The van der Waals surface area contributed by atoms with Gasteiger partial charge in [0.05, 0.1) is 0 Å². The lowest BCUT2D eigenvalue weighted by molar-refractivity contribution is 0.328. The van der Waals surface area contributed by atoms with E-state index in [2.05, 4.69) is 0 Å². The molecular formula is C23H20F4O2. The first-order valence-corrected chi connectivity index (χ1v) is 8.97. The molecule has 0 unspecified atom stereocenters. The SMILES string of the molecule is Cc1cc(C)c(Oc2c(F)c(F)c(Oc3c(C)cccc3C)c(F)c2F)c(C)c1. The molecule has 152 valence electrons. The van der Waals surface area contributed by atoms with Gasteiger partial charge in [0.15, 0.2) is 0 Å². The molecule has 3 aromatic rings. The molecule has 0 amide bonds. The van der Waals surface area contributed by atoms with Crippen LogP contribution in [0.15, 0.2) is 30.3 Å². The summed E-state index contributed by atoms with van der Waals surface area (Å²) in [6.07, 6.45) is 0. The fourth-order valence-electron chi connectivity index (χ4n) is 3.26. The quantitative estimate of drug-likeness (QED) is 0.334. The monoisotopic (exact) mass is 404 g/mol. The average molecular weight is 404 g/mol. The molecule has 0 heterocycles. The highest BCUT2D eigenvalue weighted by Crippen LogP contribution is 2.41.